The Hall–Kier alpha value is -0.670. The lowest BCUT2D eigenvalue weighted by Crippen LogP contribution is -2.65. The second kappa shape index (κ2) is 4.54. The minimum absolute atomic E-state index is 0.304. The highest BCUT2D eigenvalue weighted by Crippen LogP contribution is 2.54. The molecule has 0 unspecified atom stereocenters. The van der Waals surface area contributed by atoms with Gasteiger partial charge in [-0.15, -0.1) is 0 Å². The van der Waals surface area contributed by atoms with E-state index in [1.54, 1.807) is 0 Å². The SMILES string of the molecule is CCCOC(F)(F)C(F)(C(F)(F)F)C(F)(F)F. The lowest BCUT2D eigenvalue weighted by molar-refractivity contribution is -0.448. The Morgan fingerprint density at radius 3 is 1.35 bits per heavy atom. The minimum Gasteiger partial charge on any atom is -0.317 e. The van der Waals surface area contributed by atoms with Crippen molar-refractivity contribution >= 4 is 0 Å². The van der Waals surface area contributed by atoms with Gasteiger partial charge >= 0.3 is 24.1 Å². The molecule has 0 bridgehead atoms. The quantitative estimate of drug-likeness (QED) is 0.710. The number of rotatable bonds is 4. The molecule has 0 fully saturated rings. The summed E-state index contributed by atoms with van der Waals surface area (Å²) in [7, 11) is 0. The standard InChI is InChI=1S/C7H7F9O/c1-2-3-17-7(15,16)4(8,5(9,10)11)6(12,13)14/h2-3H2,1H3. The first kappa shape index (κ1) is 16.3. The highest BCUT2D eigenvalue weighted by Gasteiger charge is 2.85. The first-order valence-corrected chi connectivity index (χ1v) is 4.15. The molecule has 0 saturated heterocycles. The van der Waals surface area contributed by atoms with Crippen molar-refractivity contribution < 1.29 is 44.3 Å². The average molecular weight is 278 g/mol. The fourth-order valence-corrected chi connectivity index (χ4v) is 0.820. The summed E-state index contributed by atoms with van der Waals surface area (Å²) in [4.78, 5) is 0. The Balaban J connectivity index is 5.49. The van der Waals surface area contributed by atoms with Crippen LogP contribution >= 0.6 is 0 Å². The summed E-state index contributed by atoms with van der Waals surface area (Å²) < 4.78 is 112. The van der Waals surface area contributed by atoms with E-state index in [9.17, 15) is 39.5 Å². The molecule has 10 heteroatoms. The van der Waals surface area contributed by atoms with Crippen molar-refractivity contribution in [2.24, 2.45) is 0 Å². The van der Waals surface area contributed by atoms with Crippen molar-refractivity contribution in [1.82, 2.24) is 0 Å². The smallest absolute Gasteiger partial charge is 0.317 e. The van der Waals surface area contributed by atoms with Crippen LogP contribution in [0.25, 0.3) is 0 Å². The normalized spacial score (nSPS) is 15.2. The van der Waals surface area contributed by atoms with Gasteiger partial charge in [0, 0.05) is 0 Å². The van der Waals surface area contributed by atoms with Crippen LogP contribution < -0.4 is 0 Å². The maximum absolute atomic E-state index is 12.8. The fourth-order valence-electron chi connectivity index (χ4n) is 0.820. The van der Waals surface area contributed by atoms with Crippen LogP contribution in [0.1, 0.15) is 13.3 Å². The number of hydrogen-bond donors (Lipinski definition) is 0. The van der Waals surface area contributed by atoms with E-state index in [4.69, 9.17) is 0 Å². The summed E-state index contributed by atoms with van der Waals surface area (Å²) >= 11 is 0. The highest BCUT2D eigenvalue weighted by atomic mass is 19.4. The number of halogens is 9. The van der Waals surface area contributed by atoms with Crippen LogP contribution in [0, 0.1) is 0 Å². The predicted molar refractivity (Wildman–Crippen MR) is 37.1 cm³/mol. The van der Waals surface area contributed by atoms with E-state index in [2.05, 4.69) is 4.74 Å². The Morgan fingerprint density at radius 2 is 1.12 bits per heavy atom. The lowest BCUT2D eigenvalue weighted by atomic mass is 10.0. The summed E-state index contributed by atoms with van der Waals surface area (Å²) in [6.07, 6.45) is -20.0. The minimum atomic E-state index is -6.84. The molecule has 0 rings (SSSR count). The van der Waals surface area contributed by atoms with Crippen molar-refractivity contribution in [1.29, 1.82) is 0 Å². The van der Waals surface area contributed by atoms with Crippen molar-refractivity contribution in [3.05, 3.63) is 0 Å². The van der Waals surface area contributed by atoms with Crippen LogP contribution in [0.15, 0.2) is 0 Å². The van der Waals surface area contributed by atoms with Gasteiger partial charge in [-0.3, -0.25) is 0 Å². The van der Waals surface area contributed by atoms with Gasteiger partial charge in [0.2, 0.25) is 0 Å². The number of hydrogen-bond acceptors (Lipinski definition) is 1. The van der Waals surface area contributed by atoms with Gasteiger partial charge in [-0.05, 0) is 6.42 Å². The molecule has 1 nitrogen and oxygen atoms in total. The zero-order chi connectivity index (χ0) is 14.1. The van der Waals surface area contributed by atoms with Gasteiger partial charge in [0.15, 0.2) is 0 Å². The van der Waals surface area contributed by atoms with Crippen molar-refractivity contribution in [2.45, 2.75) is 37.5 Å². The molecule has 0 aliphatic heterocycles. The van der Waals surface area contributed by atoms with Crippen LogP contribution in [0.3, 0.4) is 0 Å². The van der Waals surface area contributed by atoms with E-state index in [-0.39, 0.29) is 6.42 Å². The van der Waals surface area contributed by atoms with E-state index >= 15 is 0 Å². The van der Waals surface area contributed by atoms with E-state index in [1.807, 2.05) is 0 Å². The van der Waals surface area contributed by atoms with Gasteiger partial charge in [-0.1, -0.05) is 6.92 Å². The number of alkyl halides is 9. The van der Waals surface area contributed by atoms with Crippen LogP contribution in [0.2, 0.25) is 0 Å². The van der Waals surface area contributed by atoms with Gasteiger partial charge in [-0.2, -0.15) is 35.1 Å². The first-order chi connectivity index (χ1) is 7.31. The molecule has 0 amide bonds. The molecule has 0 aliphatic rings. The Morgan fingerprint density at radius 1 is 0.765 bits per heavy atom. The third-order valence-corrected chi connectivity index (χ3v) is 1.67. The molecule has 0 atom stereocenters. The maximum atomic E-state index is 12.8. The monoisotopic (exact) mass is 278 g/mol. The largest absolute Gasteiger partial charge is 0.440 e. The van der Waals surface area contributed by atoms with Gasteiger partial charge in [0.25, 0.3) is 0 Å². The van der Waals surface area contributed by atoms with Crippen LogP contribution in [-0.4, -0.2) is 30.7 Å². The predicted octanol–water partition coefficient (Wildman–Crippen LogP) is 3.84. The molecule has 0 aromatic rings. The zero-order valence-corrected chi connectivity index (χ0v) is 8.22. The van der Waals surface area contributed by atoms with E-state index in [0.717, 1.165) is 6.92 Å². The van der Waals surface area contributed by atoms with Crippen molar-refractivity contribution in [2.75, 3.05) is 6.61 Å². The highest BCUT2D eigenvalue weighted by molar-refractivity contribution is 5.01. The Labute approximate surface area is 89.5 Å². The number of ether oxygens (including phenoxy) is 1. The molecule has 17 heavy (non-hydrogen) atoms. The van der Waals surface area contributed by atoms with Crippen LogP contribution in [-0.2, 0) is 4.74 Å². The summed E-state index contributed by atoms with van der Waals surface area (Å²) in [6, 6.07) is 0. The lowest BCUT2D eigenvalue weighted by Gasteiger charge is -2.35. The molecule has 0 N–H and O–H groups in total. The molecule has 0 heterocycles. The van der Waals surface area contributed by atoms with Gasteiger partial charge in [0.1, 0.15) is 0 Å². The third kappa shape index (κ3) is 2.78. The maximum Gasteiger partial charge on any atom is 0.440 e. The van der Waals surface area contributed by atoms with Crippen molar-refractivity contribution in [3.63, 3.8) is 0 Å². The molecule has 104 valence electrons. The van der Waals surface area contributed by atoms with Crippen LogP contribution in [0.4, 0.5) is 39.5 Å². The third-order valence-electron chi connectivity index (χ3n) is 1.67. The summed E-state index contributed by atoms with van der Waals surface area (Å²) in [5, 5.41) is 0. The molecule has 0 saturated carbocycles. The second-order valence-electron chi connectivity index (χ2n) is 3.02. The molecule has 0 spiro atoms. The molecule has 0 aromatic carbocycles. The first-order valence-electron chi connectivity index (χ1n) is 4.15. The van der Waals surface area contributed by atoms with E-state index < -0.39 is 30.7 Å². The van der Waals surface area contributed by atoms with Gasteiger partial charge in [-0.25, -0.2) is 4.39 Å². The zero-order valence-electron chi connectivity index (χ0n) is 8.22. The van der Waals surface area contributed by atoms with Crippen LogP contribution in [0.5, 0.6) is 0 Å². The molecule has 0 aliphatic carbocycles. The summed E-state index contributed by atoms with van der Waals surface area (Å²) in [5.74, 6) is 0. The fraction of sp³-hybridized carbons (Fsp3) is 1.00. The Kier molecular flexibility index (Phi) is 4.36. The van der Waals surface area contributed by atoms with Crippen molar-refractivity contribution in [3.8, 4) is 0 Å². The molecule has 0 radical (unpaired) electrons. The molecular weight excluding hydrogens is 271 g/mol. The van der Waals surface area contributed by atoms with E-state index in [1.165, 1.54) is 0 Å². The summed E-state index contributed by atoms with van der Waals surface area (Å²) in [5.41, 5.74) is -6.73. The molecule has 0 aromatic heterocycles. The molecular formula is C7H7F9O. The van der Waals surface area contributed by atoms with Gasteiger partial charge < -0.3 is 4.74 Å². The second-order valence-corrected chi connectivity index (χ2v) is 3.02. The average Bonchev–Trinajstić information content (AvgIpc) is 2.09. The van der Waals surface area contributed by atoms with Gasteiger partial charge in [0.05, 0.1) is 6.61 Å². The Bertz CT molecular complexity index is 239. The van der Waals surface area contributed by atoms with E-state index in [0.29, 0.717) is 0 Å². The topological polar surface area (TPSA) is 9.23 Å². The summed E-state index contributed by atoms with van der Waals surface area (Å²) in [6.45, 7) is 0.00198.